The van der Waals surface area contributed by atoms with Crippen LogP contribution in [0.1, 0.15) is 36.1 Å². The van der Waals surface area contributed by atoms with E-state index < -0.39 is 0 Å². The highest BCUT2D eigenvalue weighted by atomic mass is 79.9. The van der Waals surface area contributed by atoms with E-state index in [1.165, 1.54) is 58.4 Å². The molecule has 0 radical (unpaired) electrons. The molecule has 4 aromatic rings. The Kier molecular flexibility index (Phi) is 6.27. The molecule has 0 unspecified atom stereocenters. The molecule has 0 heterocycles. The van der Waals surface area contributed by atoms with Crippen LogP contribution in [0.3, 0.4) is 0 Å². The van der Waals surface area contributed by atoms with Crippen LogP contribution in [0.2, 0.25) is 0 Å². The van der Waals surface area contributed by atoms with Gasteiger partial charge in [-0.15, -0.1) is 0 Å². The predicted octanol–water partition coefficient (Wildman–Crippen LogP) is 7.13. The van der Waals surface area contributed by atoms with Crippen LogP contribution in [-0.4, -0.2) is 11.9 Å². The molecule has 6 rings (SSSR count). The highest BCUT2D eigenvalue weighted by Crippen LogP contribution is 2.40. The lowest BCUT2D eigenvalue weighted by Gasteiger charge is -2.04. The summed E-state index contributed by atoms with van der Waals surface area (Å²) in [5, 5.41) is 0. The molecular formula is C30H23BrO4. The summed E-state index contributed by atoms with van der Waals surface area (Å²) in [5.74, 6) is 0.686. The zero-order valence-corrected chi connectivity index (χ0v) is 21.0. The molecule has 0 bridgehead atoms. The molecule has 0 spiro atoms. The van der Waals surface area contributed by atoms with Gasteiger partial charge in [0.05, 0.1) is 0 Å². The number of benzene rings is 4. The Balaban J connectivity index is 0.000000145. The highest BCUT2D eigenvalue weighted by molar-refractivity contribution is 9.10. The first-order chi connectivity index (χ1) is 16.9. The highest BCUT2D eigenvalue weighted by Gasteiger charge is 2.20. The third-order valence-corrected chi connectivity index (χ3v) is 6.60. The molecule has 0 saturated heterocycles. The number of carbonyl (C=O) groups excluding carboxylic acids is 2. The van der Waals surface area contributed by atoms with Gasteiger partial charge in [-0.3, -0.25) is 9.59 Å². The van der Waals surface area contributed by atoms with E-state index in [1.807, 2.05) is 48.5 Å². The van der Waals surface area contributed by atoms with Crippen molar-refractivity contribution in [2.75, 3.05) is 0 Å². The van der Waals surface area contributed by atoms with Crippen molar-refractivity contribution >= 4 is 27.9 Å². The number of halogens is 1. The molecule has 35 heavy (non-hydrogen) atoms. The Labute approximate surface area is 212 Å². The number of ether oxygens (including phenoxy) is 2. The minimum atomic E-state index is -0.284. The summed E-state index contributed by atoms with van der Waals surface area (Å²) in [4.78, 5) is 21.9. The van der Waals surface area contributed by atoms with Gasteiger partial charge < -0.3 is 9.47 Å². The van der Waals surface area contributed by atoms with Gasteiger partial charge in [-0.05, 0) is 93.7 Å². The van der Waals surface area contributed by atoms with E-state index in [2.05, 4.69) is 46.3 Å². The molecular weight excluding hydrogens is 504 g/mol. The molecule has 0 amide bonds. The van der Waals surface area contributed by atoms with Gasteiger partial charge in [0, 0.05) is 18.3 Å². The molecule has 174 valence electrons. The SMILES string of the molecule is CC(=O)Oc1ccc2c(c1)Cc1cc(Br)ccc1-2.CC(=O)Oc1ccc2c(c1)Cc1ccccc1-2. The first-order valence-electron chi connectivity index (χ1n) is 11.4. The molecule has 0 N–H and O–H groups in total. The third kappa shape index (κ3) is 4.91. The van der Waals surface area contributed by atoms with E-state index in [4.69, 9.17) is 9.47 Å². The largest absolute Gasteiger partial charge is 0.427 e. The molecule has 0 aliphatic heterocycles. The number of carbonyl (C=O) groups is 2. The van der Waals surface area contributed by atoms with Gasteiger partial charge in [-0.25, -0.2) is 0 Å². The molecule has 2 aliphatic rings. The number of fused-ring (bicyclic) bond motifs is 6. The van der Waals surface area contributed by atoms with Crippen molar-refractivity contribution in [1.29, 1.82) is 0 Å². The van der Waals surface area contributed by atoms with E-state index in [9.17, 15) is 9.59 Å². The Morgan fingerprint density at radius 3 is 1.63 bits per heavy atom. The summed E-state index contributed by atoms with van der Waals surface area (Å²) in [6.45, 7) is 2.83. The van der Waals surface area contributed by atoms with Gasteiger partial charge in [-0.2, -0.15) is 0 Å². The summed E-state index contributed by atoms with van der Waals surface area (Å²) >= 11 is 3.49. The monoisotopic (exact) mass is 526 g/mol. The minimum Gasteiger partial charge on any atom is -0.427 e. The fourth-order valence-electron chi connectivity index (χ4n) is 4.74. The van der Waals surface area contributed by atoms with Crippen LogP contribution >= 0.6 is 15.9 Å². The molecule has 4 aromatic carbocycles. The number of hydrogen-bond donors (Lipinski definition) is 0. The van der Waals surface area contributed by atoms with E-state index in [1.54, 1.807) is 0 Å². The third-order valence-electron chi connectivity index (χ3n) is 6.10. The van der Waals surface area contributed by atoms with Gasteiger partial charge in [0.25, 0.3) is 0 Å². The fraction of sp³-hybridized carbons (Fsp3) is 0.133. The smallest absolute Gasteiger partial charge is 0.308 e. The van der Waals surface area contributed by atoms with Crippen molar-refractivity contribution in [3.05, 3.63) is 106 Å². The normalized spacial score (nSPS) is 11.9. The zero-order chi connectivity index (χ0) is 24.5. The van der Waals surface area contributed by atoms with Crippen LogP contribution in [-0.2, 0) is 22.4 Å². The van der Waals surface area contributed by atoms with E-state index in [0.29, 0.717) is 11.5 Å². The van der Waals surface area contributed by atoms with Crippen molar-refractivity contribution in [2.45, 2.75) is 26.7 Å². The second kappa shape index (κ2) is 9.51. The minimum absolute atomic E-state index is 0.277. The maximum Gasteiger partial charge on any atom is 0.308 e. The summed E-state index contributed by atoms with van der Waals surface area (Å²) in [5.41, 5.74) is 10.1. The molecule has 5 heteroatoms. The van der Waals surface area contributed by atoms with Gasteiger partial charge in [0.2, 0.25) is 0 Å². The molecule has 4 nitrogen and oxygen atoms in total. The van der Waals surface area contributed by atoms with Crippen molar-refractivity contribution in [2.24, 2.45) is 0 Å². The lowest BCUT2D eigenvalue weighted by Crippen LogP contribution is -2.01. The van der Waals surface area contributed by atoms with Crippen molar-refractivity contribution < 1.29 is 19.1 Å². The van der Waals surface area contributed by atoms with Gasteiger partial charge in [0.1, 0.15) is 11.5 Å². The Bertz CT molecular complexity index is 1470. The second-order valence-corrected chi connectivity index (χ2v) is 9.55. The number of esters is 2. The Morgan fingerprint density at radius 1 is 0.600 bits per heavy atom. The van der Waals surface area contributed by atoms with Gasteiger partial charge >= 0.3 is 11.9 Å². The van der Waals surface area contributed by atoms with Crippen LogP contribution in [0, 0.1) is 0 Å². The van der Waals surface area contributed by atoms with E-state index in [-0.39, 0.29) is 11.9 Å². The van der Waals surface area contributed by atoms with E-state index >= 15 is 0 Å². The van der Waals surface area contributed by atoms with Crippen LogP contribution in [0.5, 0.6) is 11.5 Å². The summed E-state index contributed by atoms with van der Waals surface area (Å²) < 4.78 is 11.3. The molecule has 0 fully saturated rings. The lowest BCUT2D eigenvalue weighted by molar-refractivity contribution is -0.132. The zero-order valence-electron chi connectivity index (χ0n) is 19.4. The first-order valence-corrected chi connectivity index (χ1v) is 12.2. The maximum absolute atomic E-state index is 10.9. The number of rotatable bonds is 2. The average molecular weight is 527 g/mol. The summed E-state index contributed by atoms with van der Waals surface area (Å²) in [7, 11) is 0. The molecule has 2 aliphatic carbocycles. The summed E-state index contributed by atoms with van der Waals surface area (Å²) in [6.07, 6.45) is 1.81. The molecule has 0 saturated carbocycles. The predicted molar refractivity (Wildman–Crippen MR) is 140 cm³/mol. The van der Waals surface area contributed by atoms with Crippen LogP contribution in [0.4, 0.5) is 0 Å². The lowest BCUT2D eigenvalue weighted by atomic mass is 10.1. The Hall–Kier alpha value is -3.70. The fourth-order valence-corrected chi connectivity index (χ4v) is 5.14. The quantitative estimate of drug-likeness (QED) is 0.178. The number of hydrogen-bond acceptors (Lipinski definition) is 4. The summed E-state index contributed by atoms with van der Waals surface area (Å²) in [6, 6.07) is 26.3. The maximum atomic E-state index is 10.9. The molecule has 0 aromatic heterocycles. The topological polar surface area (TPSA) is 52.6 Å². The average Bonchev–Trinajstić information content (AvgIpc) is 3.35. The van der Waals surface area contributed by atoms with Crippen molar-refractivity contribution in [3.63, 3.8) is 0 Å². The Morgan fingerprint density at radius 2 is 1.06 bits per heavy atom. The van der Waals surface area contributed by atoms with E-state index in [0.717, 1.165) is 17.3 Å². The van der Waals surface area contributed by atoms with Gasteiger partial charge in [-0.1, -0.05) is 58.4 Å². The van der Waals surface area contributed by atoms with Crippen molar-refractivity contribution in [3.8, 4) is 33.8 Å². The molecule has 0 atom stereocenters. The van der Waals surface area contributed by atoms with Crippen LogP contribution in [0.25, 0.3) is 22.3 Å². The van der Waals surface area contributed by atoms with Crippen LogP contribution in [0.15, 0.2) is 83.3 Å². The van der Waals surface area contributed by atoms with Crippen molar-refractivity contribution in [1.82, 2.24) is 0 Å². The van der Waals surface area contributed by atoms with Gasteiger partial charge in [0.15, 0.2) is 0 Å². The second-order valence-electron chi connectivity index (χ2n) is 8.64. The standard InChI is InChI=1S/C15H11BrO2.C15H12O2/c1-9(17)18-13-3-5-15-11(8-13)6-10-7-12(16)2-4-14(10)15;1-10(16)17-13-6-7-15-12(9-13)8-11-4-2-3-5-14(11)15/h2-5,7-8H,6H2,1H3;2-7,9H,8H2,1H3. The first kappa shape index (κ1) is 23.1. The van der Waals surface area contributed by atoms with Crippen LogP contribution < -0.4 is 9.47 Å².